The molecule has 1 aromatic rings. The van der Waals surface area contributed by atoms with E-state index in [0.717, 1.165) is 25.3 Å². The number of anilines is 1. The Bertz CT molecular complexity index is 445. The Labute approximate surface area is 122 Å². The molecule has 1 aliphatic heterocycles. The number of aryl methyl sites for hydroxylation is 2. The van der Waals surface area contributed by atoms with Crippen LogP contribution in [-0.4, -0.2) is 41.1 Å². The maximum atomic E-state index is 5.84. The van der Waals surface area contributed by atoms with Gasteiger partial charge in [0.1, 0.15) is 5.82 Å². The van der Waals surface area contributed by atoms with Gasteiger partial charge in [-0.05, 0) is 20.8 Å². The molecule has 20 heavy (non-hydrogen) atoms. The van der Waals surface area contributed by atoms with Gasteiger partial charge in [-0.2, -0.15) is 5.10 Å². The minimum absolute atomic E-state index is 0.264. The van der Waals surface area contributed by atoms with Crippen LogP contribution in [0.3, 0.4) is 0 Å². The standard InChI is InChI=1S/C15H28N4O/c1-10(2)16-7-14-13(5)17-18(6)15(14)19-8-11(3)20-12(4)9-19/h10-12,16H,7-9H2,1-6H3. The zero-order chi connectivity index (χ0) is 14.9. The smallest absolute Gasteiger partial charge is 0.131 e. The molecule has 1 N–H and O–H groups in total. The maximum Gasteiger partial charge on any atom is 0.131 e. The number of nitrogens with one attached hydrogen (secondary N) is 1. The molecule has 0 radical (unpaired) electrons. The lowest BCUT2D eigenvalue weighted by atomic mass is 10.1. The fourth-order valence-corrected chi connectivity index (χ4v) is 2.95. The average Bonchev–Trinajstić information content (AvgIpc) is 2.59. The Morgan fingerprint density at radius 3 is 2.45 bits per heavy atom. The van der Waals surface area contributed by atoms with Crippen LogP contribution in [-0.2, 0) is 18.3 Å². The van der Waals surface area contributed by atoms with Gasteiger partial charge in [-0.25, -0.2) is 0 Å². The molecular weight excluding hydrogens is 252 g/mol. The highest BCUT2D eigenvalue weighted by Crippen LogP contribution is 2.26. The van der Waals surface area contributed by atoms with Crippen LogP contribution in [0.2, 0.25) is 0 Å². The molecule has 2 unspecified atom stereocenters. The largest absolute Gasteiger partial charge is 0.372 e. The molecule has 5 nitrogen and oxygen atoms in total. The highest BCUT2D eigenvalue weighted by atomic mass is 16.5. The fraction of sp³-hybridized carbons (Fsp3) is 0.800. The van der Waals surface area contributed by atoms with E-state index in [1.807, 2.05) is 11.7 Å². The topological polar surface area (TPSA) is 42.3 Å². The Morgan fingerprint density at radius 1 is 1.30 bits per heavy atom. The van der Waals surface area contributed by atoms with Crippen molar-refractivity contribution in [3.8, 4) is 0 Å². The molecule has 1 aliphatic rings. The van der Waals surface area contributed by atoms with E-state index in [1.165, 1.54) is 11.4 Å². The van der Waals surface area contributed by atoms with E-state index in [9.17, 15) is 0 Å². The average molecular weight is 280 g/mol. The Balaban J connectivity index is 2.25. The minimum atomic E-state index is 0.264. The third kappa shape index (κ3) is 3.33. The lowest BCUT2D eigenvalue weighted by Crippen LogP contribution is -2.46. The van der Waals surface area contributed by atoms with Gasteiger partial charge in [0, 0.05) is 38.3 Å². The van der Waals surface area contributed by atoms with Gasteiger partial charge in [0.25, 0.3) is 0 Å². The summed E-state index contributed by atoms with van der Waals surface area (Å²) < 4.78 is 7.85. The Kier molecular flexibility index (Phi) is 4.70. The van der Waals surface area contributed by atoms with Crippen molar-refractivity contribution in [2.24, 2.45) is 7.05 Å². The normalized spacial score (nSPS) is 23.6. The molecule has 0 aliphatic carbocycles. The van der Waals surface area contributed by atoms with Gasteiger partial charge >= 0.3 is 0 Å². The highest BCUT2D eigenvalue weighted by molar-refractivity contribution is 5.50. The van der Waals surface area contributed by atoms with Crippen molar-refractivity contribution in [3.63, 3.8) is 0 Å². The molecule has 0 aromatic carbocycles. The molecule has 1 saturated heterocycles. The summed E-state index contributed by atoms with van der Waals surface area (Å²) in [5.41, 5.74) is 2.42. The van der Waals surface area contributed by atoms with E-state index < -0.39 is 0 Å². The molecule has 0 spiro atoms. The maximum absolute atomic E-state index is 5.84. The molecule has 2 atom stereocenters. The molecule has 2 heterocycles. The van der Waals surface area contributed by atoms with Crippen molar-refractivity contribution in [1.82, 2.24) is 15.1 Å². The highest BCUT2D eigenvalue weighted by Gasteiger charge is 2.27. The number of hydrogen-bond donors (Lipinski definition) is 1. The van der Waals surface area contributed by atoms with Gasteiger partial charge in [0.2, 0.25) is 0 Å². The molecule has 1 fully saturated rings. The predicted octanol–water partition coefficient (Wildman–Crippen LogP) is 1.84. The molecule has 5 heteroatoms. The van der Waals surface area contributed by atoms with E-state index in [1.54, 1.807) is 0 Å². The summed E-state index contributed by atoms with van der Waals surface area (Å²) in [5, 5.41) is 8.12. The van der Waals surface area contributed by atoms with E-state index in [-0.39, 0.29) is 12.2 Å². The predicted molar refractivity (Wildman–Crippen MR) is 82.1 cm³/mol. The first kappa shape index (κ1) is 15.3. The summed E-state index contributed by atoms with van der Waals surface area (Å²) in [4.78, 5) is 2.41. The molecule has 0 saturated carbocycles. The molecule has 0 amide bonds. The Hall–Kier alpha value is -1.07. The van der Waals surface area contributed by atoms with Gasteiger partial charge in [-0.1, -0.05) is 13.8 Å². The van der Waals surface area contributed by atoms with E-state index in [2.05, 4.69) is 49.9 Å². The quantitative estimate of drug-likeness (QED) is 0.914. The summed E-state index contributed by atoms with van der Waals surface area (Å²) in [6.45, 7) is 13.4. The summed E-state index contributed by atoms with van der Waals surface area (Å²) in [5.74, 6) is 1.23. The van der Waals surface area contributed by atoms with Crippen molar-refractivity contribution >= 4 is 5.82 Å². The zero-order valence-corrected chi connectivity index (χ0v) is 13.6. The second-order valence-corrected chi connectivity index (χ2v) is 6.21. The molecule has 2 rings (SSSR count). The fourth-order valence-electron chi connectivity index (χ4n) is 2.95. The first-order valence-corrected chi connectivity index (χ1v) is 7.54. The van der Waals surface area contributed by atoms with Gasteiger partial charge < -0.3 is 15.0 Å². The van der Waals surface area contributed by atoms with E-state index in [0.29, 0.717) is 6.04 Å². The zero-order valence-electron chi connectivity index (χ0n) is 13.6. The molecule has 114 valence electrons. The van der Waals surface area contributed by atoms with Crippen molar-refractivity contribution in [2.75, 3.05) is 18.0 Å². The number of nitrogens with zero attached hydrogens (tertiary/aromatic N) is 3. The van der Waals surface area contributed by atoms with Gasteiger partial charge in [0.15, 0.2) is 0 Å². The summed E-state index contributed by atoms with van der Waals surface area (Å²) >= 11 is 0. The van der Waals surface area contributed by atoms with Crippen molar-refractivity contribution in [3.05, 3.63) is 11.3 Å². The van der Waals surface area contributed by atoms with Crippen LogP contribution in [0.4, 0.5) is 5.82 Å². The third-order valence-corrected chi connectivity index (χ3v) is 3.72. The van der Waals surface area contributed by atoms with Crippen molar-refractivity contribution in [1.29, 1.82) is 0 Å². The summed E-state index contributed by atoms with van der Waals surface area (Å²) in [6, 6.07) is 0.477. The van der Waals surface area contributed by atoms with Crippen LogP contribution in [0.15, 0.2) is 0 Å². The van der Waals surface area contributed by atoms with Crippen molar-refractivity contribution < 1.29 is 4.74 Å². The van der Waals surface area contributed by atoms with Gasteiger partial charge in [-0.15, -0.1) is 0 Å². The van der Waals surface area contributed by atoms with Gasteiger partial charge in [-0.3, -0.25) is 4.68 Å². The number of morpholine rings is 1. The second kappa shape index (κ2) is 6.14. The monoisotopic (exact) mass is 280 g/mol. The number of ether oxygens (including phenoxy) is 1. The first-order valence-electron chi connectivity index (χ1n) is 7.54. The number of rotatable bonds is 4. The van der Waals surface area contributed by atoms with E-state index in [4.69, 9.17) is 4.74 Å². The van der Waals surface area contributed by atoms with Crippen LogP contribution < -0.4 is 10.2 Å². The van der Waals surface area contributed by atoms with Crippen LogP contribution in [0, 0.1) is 6.92 Å². The molecule has 0 bridgehead atoms. The van der Waals surface area contributed by atoms with E-state index >= 15 is 0 Å². The van der Waals surface area contributed by atoms with Crippen LogP contribution >= 0.6 is 0 Å². The lowest BCUT2D eigenvalue weighted by molar-refractivity contribution is -0.00570. The Morgan fingerprint density at radius 2 is 1.90 bits per heavy atom. The minimum Gasteiger partial charge on any atom is -0.372 e. The molecule has 1 aromatic heterocycles. The third-order valence-electron chi connectivity index (χ3n) is 3.72. The number of hydrogen-bond acceptors (Lipinski definition) is 4. The SMILES string of the molecule is Cc1nn(C)c(N2CC(C)OC(C)C2)c1CNC(C)C. The first-order chi connectivity index (χ1) is 9.38. The molecular formula is C15H28N4O. The summed E-state index contributed by atoms with van der Waals surface area (Å²) in [7, 11) is 2.03. The second-order valence-electron chi connectivity index (χ2n) is 6.21. The van der Waals surface area contributed by atoms with Crippen molar-refractivity contribution in [2.45, 2.75) is 59.4 Å². The van der Waals surface area contributed by atoms with Crippen LogP contribution in [0.1, 0.15) is 39.0 Å². The van der Waals surface area contributed by atoms with Crippen LogP contribution in [0.5, 0.6) is 0 Å². The van der Waals surface area contributed by atoms with Gasteiger partial charge in [0.05, 0.1) is 17.9 Å². The van der Waals surface area contributed by atoms with Crippen LogP contribution in [0.25, 0.3) is 0 Å². The number of aromatic nitrogens is 2. The summed E-state index contributed by atoms with van der Waals surface area (Å²) in [6.07, 6.45) is 0.528. The lowest BCUT2D eigenvalue weighted by Gasteiger charge is -2.37.